The van der Waals surface area contributed by atoms with Gasteiger partial charge in [0.05, 0.1) is 24.7 Å². The topological polar surface area (TPSA) is 95.2 Å². The Morgan fingerprint density at radius 3 is 2.96 bits per heavy atom. The van der Waals surface area contributed by atoms with Crippen LogP contribution < -0.4 is 15.1 Å². The first kappa shape index (κ1) is 14.0. The molecule has 2 aromatic rings. The number of carbonyl (C=O) groups is 1. The summed E-state index contributed by atoms with van der Waals surface area (Å²) in [6, 6.07) is 1.65. The number of hydrogen-bond donors (Lipinski definition) is 1. The first-order chi connectivity index (χ1) is 11.5. The first-order valence-electron chi connectivity index (χ1n) is 7.79. The lowest BCUT2D eigenvalue weighted by atomic mass is 9.90. The quantitative estimate of drug-likeness (QED) is 0.786. The van der Waals surface area contributed by atoms with Crippen LogP contribution in [0.3, 0.4) is 0 Å². The molecule has 1 fully saturated rings. The maximum Gasteiger partial charge on any atom is 0.347 e. The molecule has 0 unspecified atom stereocenters. The van der Waals surface area contributed by atoms with Gasteiger partial charge in [-0.2, -0.15) is 0 Å². The van der Waals surface area contributed by atoms with Crippen LogP contribution in [0.1, 0.15) is 34.3 Å². The minimum absolute atomic E-state index is 0.0888. The molecular weight excluding hydrogens is 316 g/mol. The Hall–Kier alpha value is -2.38. The standard InChI is InChI=1S/C17H14O7/c1-21-9-6-10-13(17(20)4-5-22-16(17)23-10)14-12(9)7-2-3-8(18)11(7)15(19)24-14/h6,16,20H,2-5H2,1H3/t16-,17+/m1/s1. The molecule has 2 atom stereocenters. The van der Waals surface area contributed by atoms with Crippen molar-refractivity contribution in [3.63, 3.8) is 0 Å². The van der Waals surface area contributed by atoms with E-state index in [-0.39, 0.29) is 23.4 Å². The van der Waals surface area contributed by atoms with E-state index in [1.807, 2.05) is 0 Å². The predicted molar refractivity (Wildman–Crippen MR) is 80.6 cm³/mol. The Labute approximate surface area is 135 Å². The molecular formula is C17H14O7. The Bertz CT molecular complexity index is 973. The van der Waals surface area contributed by atoms with Crippen LogP contribution in [0.25, 0.3) is 11.0 Å². The van der Waals surface area contributed by atoms with Crippen LogP contribution in [-0.4, -0.2) is 30.9 Å². The largest absolute Gasteiger partial charge is 0.496 e. The number of ketones is 1. The average molecular weight is 330 g/mol. The Morgan fingerprint density at radius 1 is 1.33 bits per heavy atom. The van der Waals surface area contributed by atoms with Crippen LogP contribution in [0.5, 0.6) is 11.5 Å². The molecule has 0 amide bonds. The molecule has 2 aliphatic heterocycles. The van der Waals surface area contributed by atoms with Gasteiger partial charge in [0.1, 0.15) is 17.1 Å². The molecule has 124 valence electrons. The molecule has 7 nitrogen and oxygen atoms in total. The van der Waals surface area contributed by atoms with Gasteiger partial charge in [0.2, 0.25) is 6.29 Å². The third-order valence-corrected chi connectivity index (χ3v) is 5.12. The molecule has 0 bridgehead atoms. The molecule has 1 aromatic heterocycles. The fraction of sp³-hybridized carbons (Fsp3) is 0.412. The zero-order valence-electron chi connectivity index (χ0n) is 12.9. The molecule has 1 aromatic carbocycles. The number of benzene rings is 1. The number of aryl methyl sites for hydroxylation is 1. The van der Waals surface area contributed by atoms with Crippen molar-refractivity contribution in [3.8, 4) is 11.5 Å². The van der Waals surface area contributed by atoms with Crippen molar-refractivity contribution in [1.29, 1.82) is 0 Å². The van der Waals surface area contributed by atoms with Crippen LogP contribution in [0.4, 0.5) is 0 Å². The summed E-state index contributed by atoms with van der Waals surface area (Å²) in [6.45, 7) is 0.349. The van der Waals surface area contributed by atoms with Gasteiger partial charge in [-0.05, 0) is 12.0 Å². The SMILES string of the molecule is COc1cc2c(c3oc(=O)c4c(c13)CCC4=O)[C@@]1(O)CCO[C@@H]1O2. The number of aliphatic hydroxyl groups is 1. The fourth-order valence-electron chi connectivity index (χ4n) is 4.02. The van der Waals surface area contributed by atoms with Crippen molar-refractivity contribution in [3.05, 3.63) is 33.2 Å². The van der Waals surface area contributed by atoms with Crippen molar-refractivity contribution in [2.75, 3.05) is 13.7 Å². The monoisotopic (exact) mass is 330 g/mol. The molecule has 24 heavy (non-hydrogen) atoms. The van der Waals surface area contributed by atoms with E-state index in [1.54, 1.807) is 6.07 Å². The van der Waals surface area contributed by atoms with E-state index >= 15 is 0 Å². The van der Waals surface area contributed by atoms with Gasteiger partial charge in [-0.25, -0.2) is 4.79 Å². The lowest BCUT2D eigenvalue weighted by Gasteiger charge is -2.20. The van der Waals surface area contributed by atoms with Gasteiger partial charge < -0.3 is 23.7 Å². The highest BCUT2D eigenvalue weighted by molar-refractivity contribution is 6.06. The molecule has 1 N–H and O–H groups in total. The van der Waals surface area contributed by atoms with Crippen LogP contribution in [-0.2, 0) is 16.8 Å². The zero-order chi connectivity index (χ0) is 16.6. The highest BCUT2D eigenvalue weighted by Crippen LogP contribution is 2.53. The average Bonchev–Trinajstić information content (AvgIpc) is 3.17. The number of hydrogen-bond acceptors (Lipinski definition) is 7. The van der Waals surface area contributed by atoms with Gasteiger partial charge in [-0.15, -0.1) is 0 Å². The Morgan fingerprint density at radius 2 is 2.17 bits per heavy atom. The van der Waals surface area contributed by atoms with Crippen molar-refractivity contribution >= 4 is 16.8 Å². The normalized spacial score (nSPS) is 27.1. The summed E-state index contributed by atoms with van der Waals surface area (Å²) < 4.78 is 22.0. The lowest BCUT2D eigenvalue weighted by Crippen LogP contribution is -2.33. The zero-order valence-corrected chi connectivity index (χ0v) is 12.9. The number of Topliss-reactive ketones (excluding diaryl/α,β-unsaturated/α-hetero) is 1. The van der Waals surface area contributed by atoms with E-state index in [2.05, 4.69) is 0 Å². The number of ether oxygens (including phenoxy) is 3. The van der Waals surface area contributed by atoms with E-state index in [0.29, 0.717) is 47.5 Å². The van der Waals surface area contributed by atoms with Gasteiger partial charge in [-0.1, -0.05) is 0 Å². The lowest BCUT2D eigenvalue weighted by molar-refractivity contribution is -0.123. The van der Waals surface area contributed by atoms with Crippen LogP contribution in [0.2, 0.25) is 0 Å². The Balaban J connectivity index is 1.95. The summed E-state index contributed by atoms with van der Waals surface area (Å²) >= 11 is 0. The van der Waals surface area contributed by atoms with Crippen molar-refractivity contribution in [2.24, 2.45) is 0 Å². The molecule has 0 radical (unpaired) electrons. The van der Waals surface area contributed by atoms with Gasteiger partial charge in [-0.3, -0.25) is 4.79 Å². The fourth-order valence-corrected chi connectivity index (χ4v) is 4.02. The summed E-state index contributed by atoms with van der Waals surface area (Å²) in [5.41, 5.74) is -0.713. The van der Waals surface area contributed by atoms with Crippen LogP contribution in [0, 0.1) is 0 Å². The maximum atomic E-state index is 12.3. The molecule has 0 spiro atoms. The third-order valence-electron chi connectivity index (χ3n) is 5.12. The predicted octanol–water partition coefficient (Wildman–Crippen LogP) is 1.26. The molecule has 5 rings (SSSR count). The number of rotatable bonds is 1. The molecule has 1 aliphatic carbocycles. The molecule has 3 aliphatic rings. The summed E-state index contributed by atoms with van der Waals surface area (Å²) in [7, 11) is 1.50. The smallest absolute Gasteiger partial charge is 0.347 e. The minimum Gasteiger partial charge on any atom is -0.496 e. The molecule has 3 heterocycles. The van der Waals surface area contributed by atoms with Crippen molar-refractivity contribution < 1.29 is 28.5 Å². The number of carbonyl (C=O) groups excluding carboxylic acids is 1. The van der Waals surface area contributed by atoms with Gasteiger partial charge >= 0.3 is 5.63 Å². The highest BCUT2D eigenvalue weighted by atomic mass is 16.7. The third kappa shape index (κ3) is 1.49. The molecule has 1 saturated heterocycles. The maximum absolute atomic E-state index is 12.3. The number of methoxy groups -OCH3 is 1. The second-order valence-corrected chi connectivity index (χ2v) is 6.32. The summed E-state index contributed by atoms with van der Waals surface area (Å²) in [5, 5.41) is 11.6. The van der Waals surface area contributed by atoms with E-state index in [4.69, 9.17) is 18.6 Å². The van der Waals surface area contributed by atoms with Crippen molar-refractivity contribution in [2.45, 2.75) is 31.2 Å². The summed E-state index contributed by atoms with van der Waals surface area (Å²) in [6.07, 6.45) is 0.227. The molecule has 0 saturated carbocycles. The summed E-state index contributed by atoms with van der Waals surface area (Å²) in [4.78, 5) is 24.4. The summed E-state index contributed by atoms with van der Waals surface area (Å²) in [5.74, 6) is 0.598. The van der Waals surface area contributed by atoms with Gasteiger partial charge in [0.25, 0.3) is 0 Å². The Kier molecular flexibility index (Phi) is 2.55. The number of fused-ring (bicyclic) bond motifs is 7. The second-order valence-electron chi connectivity index (χ2n) is 6.32. The van der Waals surface area contributed by atoms with E-state index < -0.39 is 17.5 Å². The van der Waals surface area contributed by atoms with Gasteiger partial charge in [0.15, 0.2) is 17.0 Å². The van der Waals surface area contributed by atoms with E-state index in [1.165, 1.54) is 7.11 Å². The highest BCUT2D eigenvalue weighted by Gasteiger charge is 2.55. The van der Waals surface area contributed by atoms with Crippen molar-refractivity contribution in [1.82, 2.24) is 0 Å². The van der Waals surface area contributed by atoms with Crippen LogP contribution in [0.15, 0.2) is 15.3 Å². The first-order valence-corrected chi connectivity index (χ1v) is 7.79. The van der Waals surface area contributed by atoms with Gasteiger partial charge in [0, 0.05) is 18.9 Å². The molecule has 7 heteroatoms. The minimum atomic E-state index is -1.37. The van der Waals surface area contributed by atoms with E-state index in [9.17, 15) is 14.7 Å². The van der Waals surface area contributed by atoms with E-state index in [0.717, 1.165) is 0 Å². The van der Waals surface area contributed by atoms with Crippen LogP contribution >= 0.6 is 0 Å². The second kappa shape index (κ2) is 4.37.